The van der Waals surface area contributed by atoms with Crippen LogP contribution in [-0.2, 0) is 10.0 Å². The van der Waals surface area contributed by atoms with E-state index >= 15 is 0 Å². The van der Waals surface area contributed by atoms with Crippen LogP contribution in [0.25, 0.3) is 10.9 Å². The Hall–Kier alpha value is -2.64. The summed E-state index contributed by atoms with van der Waals surface area (Å²) in [5.41, 5.74) is 2.37. The summed E-state index contributed by atoms with van der Waals surface area (Å²) in [7, 11) is -3.79. The Morgan fingerprint density at radius 3 is 2.63 bits per heavy atom. The molecule has 0 fully saturated rings. The molecule has 0 radical (unpaired) electrons. The van der Waals surface area contributed by atoms with Crippen LogP contribution >= 0.6 is 11.6 Å². The smallest absolute Gasteiger partial charge is 0.276 e. The lowest BCUT2D eigenvalue weighted by molar-refractivity contribution is 0.340. The molecule has 0 spiro atoms. The van der Waals surface area contributed by atoms with E-state index in [4.69, 9.17) is 16.3 Å². The van der Waals surface area contributed by atoms with Crippen LogP contribution in [-0.4, -0.2) is 26.2 Å². The van der Waals surface area contributed by atoms with Crippen LogP contribution in [0.5, 0.6) is 5.75 Å². The molecule has 0 atom stereocenters. The van der Waals surface area contributed by atoms with E-state index in [0.29, 0.717) is 17.9 Å². The predicted molar refractivity (Wildman–Crippen MR) is 107 cm³/mol. The Morgan fingerprint density at radius 1 is 1.19 bits per heavy atom. The fraction of sp³-hybridized carbons (Fsp3) is 0.158. The Labute approximate surface area is 162 Å². The number of halogens is 1. The van der Waals surface area contributed by atoms with Gasteiger partial charge in [0.1, 0.15) is 10.9 Å². The van der Waals surface area contributed by atoms with Crippen LogP contribution in [0.4, 0.5) is 0 Å². The zero-order valence-electron chi connectivity index (χ0n) is 14.8. The second kappa shape index (κ2) is 7.94. The van der Waals surface area contributed by atoms with Gasteiger partial charge in [-0.25, -0.2) is 9.82 Å². The topological polar surface area (TPSA) is 80.7 Å². The van der Waals surface area contributed by atoms with E-state index in [0.717, 1.165) is 16.5 Å². The van der Waals surface area contributed by atoms with Crippen molar-refractivity contribution in [3.8, 4) is 5.75 Å². The normalized spacial score (nSPS) is 11.8. The molecule has 0 unspecified atom stereocenters. The summed E-state index contributed by atoms with van der Waals surface area (Å²) >= 11 is 6.18. The molecule has 0 amide bonds. The van der Waals surface area contributed by atoms with Crippen molar-refractivity contribution in [3.05, 3.63) is 64.8 Å². The second-order valence-electron chi connectivity index (χ2n) is 5.82. The average molecular weight is 404 g/mol. The molecule has 2 aromatic carbocycles. The first kappa shape index (κ1) is 19.1. The van der Waals surface area contributed by atoms with Gasteiger partial charge in [0, 0.05) is 10.9 Å². The molecule has 140 valence electrons. The van der Waals surface area contributed by atoms with Crippen LogP contribution in [0.1, 0.15) is 18.1 Å². The maximum atomic E-state index is 12.3. The summed E-state index contributed by atoms with van der Waals surface area (Å²) in [5, 5.41) is 4.95. The summed E-state index contributed by atoms with van der Waals surface area (Å²) in [4.78, 5) is 6.58. The number of fused-ring (bicyclic) bond motifs is 1. The molecule has 1 aromatic heterocycles. The highest BCUT2D eigenvalue weighted by atomic mass is 35.5. The van der Waals surface area contributed by atoms with Crippen molar-refractivity contribution in [2.24, 2.45) is 5.10 Å². The molecule has 6 nitrogen and oxygen atoms in total. The average Bonchev–Trinajstić information content (AvgIpc) is 2.63. The van der Waals surface area contributed by atoms with Crippen LogP contribution in [0, 0.1) is 6.92 Å². The SMILES string of the molecule is CCOc1ccc(S(=O)(=O)N/N=C/c2cc3ccc(C)cc3nc2Cl)cc1. The van der Waals surface area contributed by atoms with E-state index in [9.17, 15) is 8.42 Å². The number of hydrogen-bond acceptors (Lipinski definition) is 5. The lowest BCUT2D eigenvalue weighted by Crippen LogP contribution is -2.18. The quantitative estimate of drug-likeness (QED) is 0.384. The van der Waals surface area contributed by atoms with Gasteiger partial charge in [0.2, 0.25) is 0 Å². The number of hydrogen-bond donors (Lipinski definition) is 1. The molecule has 0 bridgehead atoms. The number of ether oxygens (including phenoxy) is 1. The molecule has 0 aliphatic carbocycles. The molecule has 1 heterocycles. The van der Waals surface area contributed by atoms with Crippen molar-refractivity contribution in [2.75, 3.05) is 6.61 Å². The van der Waals surface area contributed by atoms with Crippen LogP contribution < -0.4 is 9.57 Å². The van der Waals surface area contributed by atoms with Crippen molar-refractivity contribution in [1.29, 1.82) is 0 Å². The lowest BCUT2D eigenvalue weighted by atomic mass is 10.1. The minimum Gasteiger partial charge on any atom is -0.494 e. The molecular formula is C19H18ClN3O3S. The maximum absolute atomic E-state index is 12.3. The highest BCUT2D eigenvalue weighted by molar-refractivity contribution is 7.89. The molecule has 0 aliphatic heterocycles. The molecule has 0 aliphatic rings. The van der Waals surface area contributed by atoms with Crippen molar-refractivity contribution >= 4 is 38.7 Å². The molecule has 27 heavy (non-hydrogen) atoms. The van der Waals surface area contributed by atoms with E-state index < -0.39 is 10.0 Å². The third-order valence-corrected chi connectivity index (χ3v) is 5.32. The Bertz CT molecular complexity index is 1100. The first-order valence-electron chi connectivity index (χ1n) is 8.23. The van der Waals surface area contributed by atoms with E-state index in [1.165, 1.54) is 18.3 Å². The zero-order chi connectivity index (χ0) is 19.4. The number of hydrazone groups is 1. The molecule has 8 heteroatoms. The third-order valence-electron chi connectivity index (χ3n) is 3.78. The maximum Gasteiger partial charge on any atom is 0.276 e. The van der Waals surface area contributed by atoms with Crippen LogP contribution in [0.15, 0.2) is 58.5 Å². The number of aromatic nitrogens is 1. The summed E-state index contributed by atoms with van der Waals surface area (Å²) in [6.07, 6.45) is 1.33. The van der Waals surface area contributed by atoms with E-state index in [2.05, 4.69) is 14.9 Å². The number of sulfonamides is 1. The summed E-state index contributed by atoms with van der Waals surface area (Å²) < 4.78 is 29.9. The molecule has 1 N–H and O–H groups in total. The van der Waals surface area contributed by atoms with Gasteiger partial charge in [-0.05, 0) is 55.8 Å². The van der Waals surface area contributed by atoms with Gasteiger partial charge in [-0.2, -0.15) is 13.5 Å². The third kappa shape index (κ3) is 4.56. The van der Waals surface area contributed by atoms with Gasteiger partial charge in [-0.3, -0.25) is 0 Å². The van der Waals surface area contributed by atoms with Gasteiger partial charge >= 0.3 is 0 Å². The van der Waals surface area contributed by atoms with Crippen molar-refractivity contribution in [3.63, 3.8) is 0 Å². The van der Waals surface area contributed by atoms with E-state index in [1.54, 1.807) is 18.2 Å². The molecule has 3 aromatic rings. The van der Waals surface area contributed by atoms with Gasteiger partial charge in [0.25, 0.3) is 10.0 Å². The largest absolute Gasteiger partial charge is 0.494 e. The summed E-state index contributed by atoms with van der Waals surface area (Å²) in [6, 6.07) is 13.7. The first-order valence-corrected chi connectivity index (χ1v) is 10.1. The van der Waals surface area contributed by atoms with E-state index in [-0.39, 0.29) is 10.0 Å². The first-order chi connectivity index (χ1) is 12.9. The predicted octanol–water partition coefficient (Wildman–Crippen LogP) is 3.91. The van der Waals surface area contributed by atoms with Gasteiger partial charge in [-0.1, -0.05) is 23.7 Å². The van der Waals surface area contributed by atoms with Crippen LogP contribution in [0.2, 0.25) is 5.15 Å². The van der Waals surface area contributed by atoms with Crippen molar-refractivity contribution in [1.82, 2.24) is 9.82 Å². The summed E-state index contributed by atoms with van der Waals surface area (Å²) in [6.45, 7) is 4.34. The minimum absolute atomic E-state index is 0.0845. The lowest BCUT2D eigenvalue weighted by Gasteiger charge is -2.06. The number of nitrogens with zero attached hydrogens (tertiary/aromatic N) is 2. The Balaban J connectivity index is 1.78. The molecule has 0 saturated carbocycles. The standard InChI is InChI=1S/C19H18ClN3O3S/c1-3-26-16-6-8-17(9-7-16)27(24,25)23-21-12-15-11-14-5-4-13(2)10-18(14)22-19(15)20/h4-12,23H,3H2,1-2H3/b21-12+. The van der Waals surface area contributed by atoms with Crippen LogP contribution in [0.3, 0.4) is 0 Å². The Morgan fingerprint density at radius 2 is 1.93 bits per heavy atom. The number of benzene rings is 2. The van der Waals surface area contributed by atoms with Gasteiger partial charge < -0.3 is 4.74 Å². The van der Waals surface area contributed by atoms with Gasteiger partial charge in [-0.15, -0.1) is 0 Å². The number of rotatable bonds is 6. The fourth-order valence-corrected chi connectivity index (χ4v) is 3.45. The molecular weight excluding hydrogens is 386 g/mol. The van der Waals surface area contributed by atoms with Gasteiger partial charge in [0.05, 0.1) is 23.2 Å². The number of pyridine rings is 1. The van der Waals surface area contributed by atoms with E-state index in [1.807, 2.05) is 32.0 Å². The summed E-state index contributed by atoms with van der Waals surface area (Å²) in [5.74, 6) is 0.601. The number of nitrogens with one attached hydrogen (secondary N) is 1. The monoisotopic (exact) mass is 403 g/mol. The highest BCUT2D eigenvalue weighted by Gasteiger charge is 2.12. The Kier molecular flexibility index (Phi) is 5.62. The second-order valence-corrected chi connectivity index (χ2v) is 7.84. The zero-order valence-corrected chi connectivity index (χ0v) is 16.4. The minimum atomic E-state index is -3.79. The molecule has 0 saturated heterocycles. The van der Waals surface area contributed by atoms with Gasteiger partial charge in [0.15, 0.2) is 0 Å². The van der Waals surface area contributed by atoms with Crippen molar-refractivity contribution < 1.29 is 13.2 Å². The highest BCUT2D eigenvalue weighted by Crippen LogP contribution is 2.20. The van der Waals surface area contributed by atoms with Crippen molar-refractivity contribution in [2.45, 2.75) is 18.7 Å². The molecule has 3 rings (SSSR count). The number of aryl methyl sites for hydroxylation is 1. The fourth-order valence-electron chi connectivity index (χ4n) is 2.46.